The molecule has 1 heterocycles. The molecule has 3 heteroatoms. The van der Waals surface area contributed by atoms with Gasteiger partial charge >= 0.3 is 0 Å². The van der Waals surface area contributed by atoms with Crippen LogP contribution in [0.4, 0.5) is 0 Å². The molecule has 0 aromatic heterocycles. The van der Waals surface area contributed by atoms with Gasteiger partial charge in [0.05, 0.1) is 20.3 Å². The van der Waals surface area contributed by atoms with E-state index in [1.54, 1.807) is 7.11 Å². The van der Waals surface area contributed by atoms with Gasteiger partial charge in [0.1, 0.15) is 5.75 Å². The molecule has 0 fully saturated rings. The summed E-state index contributed by atoms with van der Waals surface area (Å²) in [5, 5.41) is 0. The van der Waals surface area contributed by atoms with Crippen molar-refractivity contribution in [2.24, 2.45) is 5.73 Å². The van der Waals surface area contributed by atoms with Gasteiger partial charge in [0.15, 0.2) is 0 Å². The van der Waals surface area contributed by atoms with Crippen LogP contribution < -0.4 is 10.5 Å². The van der Waals surface area contributed by atoms with Crippen molar-refractivity contribution in [2.75, 3.05) is 7.11 Å². The zero-order valence-electron chi connectivity index (χ0n) is 8.54. The van der Waals surface area contributed by atoms with Crippen LogP contribution in [0.5, 0.6) is 5.75 Å². The van der Waals surface area contributed by atoms with Crippen LogP contribution in [-0.4, -0.2) is 7.11 Å². The van der Waals surface area contributed by atoms with Gasteiger partial charge in [-0.2, -0.15) is 0 Å². The summed E-state index contributed by atoms with van der Waals surface area (Å²) in [5.74, 6) is 0.865. The lowest BCUT2D eigenvalue weighted by molar-refractivity contribution is 0.134. The average molecular weight is 193 g/mol. The minimum absolute atomic E-state index is 0.00384. The highest BCUT2D eigenvalue weighted by molar-refractivity contribution is 5.44. The number of methoxy groups -OCH3 is 1. The van der Waals surface area contributed by atoms with Crippen molar-refractivity contribution in [3.8, 4) is 5.75 Å². The fourth-order valence-electron chi connectivity index (χ4n) is 1.76. The Balaban J connectivity index is 2.49. The highest BCUT2D eigenvalue weighted by Gasteiger charge is 2.16. The number of rotatable bonds is 2. The van der Waals surface area contributed by atoms with E-state index in [4.69, 9.17) is 15.2 Å². The third-order valence-electron chi connectivity index (χ3n) is 2.56. The van der Waals surface area contributed by atoms with Gasteiger partial charge in [-0.25, -0.2) is 0 Å². The van der Waals surface area contributed by atoms with E-state index in [0.717, 1.165) is 11.3 Å². The maximum absolute atomic E-state index is 5.86. The molecule has 0 spiro atoms. The van der Waals surface area contributed by atoms with Gasteiger partial charge in [-0.15, -0.1) is 0 Å². The van der Waals surface area contributed by atoms with Crippen LogP contribution in [0.3, 0.4) is 0 Å². The molecule has 0 bridgehead atoms. The lowest BCUT2D eigenvalue weighted by atomic mass is 10.0. The normalized spacial score (nSPS) is 16.5. The summed E-state index contributed by atoms with van der Waals surface area (Å²) in [5.41, 5.74) is 9.36. The zero-order chi connectivity index (χ0) is 10.1. The smallest absolute Gasteiger partial charge is 0.123 e. The van der Waals surface area contributed by atoms with Gasteiger partial charge in [0, 0.05) is 11.6 Å². The van der Waals surface area contributed by atoms with Crippen LogP contribution in [-0.2, 0) is 18.0 Å². The monoisotopic (exact) mass is 193 g/mol. The van der Waals surface area contributed by atoms with Crippen molar-refractivity contribution in [3.63, 3.8) is 0 Å². The fourth-order valence-corrected chi connectivity index (χ4v) is 1.76. The molecule has 2 N–H and O–H groups in total. The molecular formula is C11H15NO2. The molecule has 0 amide bonds. The molecule has 1 unspecified atom stereocenters. The van der Waals surface area contributed by atoms with Gasteiger partial charge in [-0.3, -0.25) is 0 Å². The molecule has 0 saturated heterocycles. The maximum atomic E-state index is 5.86. The highest BCUT2D eigenvalue weighted by Crippen LogP contribution is 2.31. The molecule has 1 atom stereocenters. The summed E-state index contributed by atoms with van der Waals surface area (Å²) in [6.07, 6.45) is 0. The molecule has 1 aromatic carbocycles. The minimum Gasteiger partial charge on any atom is -0.496 e. The lowest BCUT2D eigenvalue weighted by Crippen LogP contribution is -2.07. The first-order chi connectivity index (χ1) is 6.72. The van der Waals surface area contributed by atoms with Crippen molar-refractivity contribution in [1.82, 2.24) is 0 Å². The summed E-state index contributed by atoms with van der Waals surface area (Å²) in [6.45, 7) is 3.34. The Hall–Kier alpha value is -1.06. The van der Waals surface area contributed by atoms with E-state index in [2.05, 4.69) is 6.07 Å². The average Bonchev–Trinajstić information content (AvgIpc) is 2.62. The molecule has 1 aliphatic rings. The van der Waals surface area contributed by atoms with E-state index in [-0.39, 0.29) is 6.04 Å². The largest absolute Gasteiger partial charge is 0.496 e. The Bertz CT molecular complexity index is 347. The molecule has 14 heavy (non-hydrogen) atoms. The van der Waals surface area contributed by atoms with Crippen LogP contribution in [0.1, 0.15) is 29.7 Å². The van der Waals surface area contributed by atoms with E-state index in [9.17, 15) is 0 Å². The molecule has 0 aliphatic carbocycles. The van der Waals surface area contributed by atoms with E-state index in [0.29, 0.717) is 13.2 Å². The Morgan fingerprint density at radius 1 is 1.36 bits per heavy atom. The lowest BCUT2D eigenvalue weighted by Gasteiger charge is -2.13. The van der Waals surface area contributed by atoms with Crippen molar-refractivity contribution in [3.05, 3.63) is 28.8 Å². The van der Waals surface area contributed by atoms with E-state index < -0.39 is 0 Å². The molecule has 2 rings (SSSR count). The number of benzene rings is 1. The second-order valence-electron chi connectivity index (χ2n) is 3.64. The van der Waals surface area contributed by atoms with Gasteiger partial charge in [0.2, 0.25) is 0 Å². The Kier molecular flexibility index (Phi) is 2.44. The van der Waals surface area contributed by atoms with Crippen molar-refractivity contribution >= 4 is 0 Å². The first-order valence-electron chi connectivity index (χ1n) is 4.75. The molecule has 0 saturated carbocycles. The summed E-state index contributed by atoms with van der Waals surface area (Å²) in [7, 11) is 1.67. The van der Waals surface area contributed by atoms with E-state index >= 15 is 0 Å². The maximum Gasteiger partial charge on any atom is 0.123 e. The van der Waals surface area contributed by atoms with Gasteiger partial charge < -0.3 is 15.2 Å². The van der Waals surface area contributed by atoms with Gasteiger partial charge in [0.25, 0.3) is 0 Å². The van der Waals surface area contributed by atoms with Crippen LogP contribution in [0, 0.1) is 0 Å². The highest BCUT2D eigenvalue weighted by atomic mass is 16.5. The van der Waals surface area contributed by atoms with Crippen molar-refractivity contribution < 1.29 is 9.47 Å². The number of hydrogen-bond donors (Lipinski definition) is 1. The number of hydrogen-bond acceptors (Lipinski definition) is 3. The van der Waals surface area contributed by atoms with Crippen LogP contribution in [0.15, 0.2) is 12.1 Å². The third kappa shape index (κ3) is 1.49. The molecular weight excluding hydrogens is 178 g/mol. The summed E-state index contributed by atoms with van der Waals surface area (Å²) in [6, 6.07) is 4.11. The predicted octanol–water partition coefficient (Wildman–Crippen LogP) is 1.75. The number of ether oxygens (including phenoxy) is 2. The SMILES string of the molecule is COc1cc2c(cc1C(C)N)COC2. The Morgan fingerprint density at radius 2 is 2.00 bits per heavy atom. The summed E-state index contributed by atoms with van der Waals surface area (Å²) >= 11 is 0. The second-order valence-corrected chi connectivity index (χ2v) is 3.64. The number of nitrogens with two attached hydrogens (primary N) is 1. The molecule has 0 radical (unpaired) electrons. The van der Waals surface area contributed by atoms with Crippen molar-refractivity contribution in [1.29, 1.82) is 0 Å². The molecule has 1 aromatic rings. The standard InChI is InChI=1S/C11H15NO2/c1-7(12)10-3-8-5-14-6-9(8)4-11(10)13-2/h3-4,7H,5-6,12H2,1-2H3. The minimum atomic E-state index is -0.00384. The number of fused-ring (bicyclic) bond motifs is 1. The molecule has 76 valence electrons. The quantitative estimate of drug-likeness (QED) is 0.778. The van der Waals surface area contributed by atoms with E-state index in [1.165, 1.54) is 11.1 Å². The topological polar surface area (TPSA) is 44.5 Å². The molecule has 1 aliphatic heterocycles. The van der Waals surface area contributed by atoms with Crippen LogP contribution in [0.2, 0.25) is 0 Å². The summed E-state index contributed by atoms with van der Waals surface area (Å²) in [4.78, 5) is 0. The fraction of sp³-hybridized carbons (Fsp3) is 0.455. The first-order valence-corrected chi connectivity index (χ1v) is 4.75. The Labute approximate surface area is 83.8 Å². The first kappa shape index (κ1) is 9.49. The van der Waals surface area contributed by atoms with Gasteiger partial charge in [-0.1, -0.05) is 0 Å². The van der Waals surface area contributed by atoms with Crippen molar-refractivity contribution in [2.45, 2.75) is 26.2 Å². The predicted molar refractivity (Wildman–Crippen MR) is 54.1 cm³/mol. The van der Waals surface area contributed by atoms with Gasteiger partial charge in [-0.05, 0) is 30.2 Å². The van der Waals surface area contributed by atoms with E-state index in [1.807, 2.05) is 13.0 Å². The van der Waals surface area contributed by atoms with Crippen LogP contribution in [0.25, 0.3) is 0 Å². The summed E-state index contributed by atoms with van der Waals surface area (Å²) < 4.78 is 10.6. The second kappa shape index (κ2) is 3.59. The molecule has 3 nitrogen and oxygen atoms in total. The van der Waals surface area contributed by atoms with Crippen LogP contribution >= 0.6 is 0 Å². The zero-order valence-corrected chi connectivity index (χ0v) is 8.54. The Morgan fingerprint density at radius 3 is 2.57 bits per heavy atom. The third-order valence-corrected chi connectivity index (χ3v) is 2.56.